The Morgan fingerprint density at radius 2 is 0.569 bits per heavy atom. The van der Waals surface area contributed by atoms with E-state index in [4.69, 9.17) is 8.83 Å². The predicted octanol–water partition coefficient (Wildman–Crippen LogP) is 18.5. The van der Waals surface area contributed by atoms with Crippen molar-refractivity contribution in [1.82, 2.24) is 0 Å². The first-order chi connectivity index (χ1) is 31.8. The van der Waals surface area contributed by atoms with Gasteiger partial charge in [0.15, 0.2) is 0 Å². The number of rotatable bonds is 2. The van der Waals surface area contributed by atoms with Crippen LogP contribution in [0.3, 0.4) is 0 Å². The summed E-state index contributed by atoms with van der Waals surface area (Å²) in [7, 11) is 0. The van der Waals surface area contributed by atoms with Crippen LogP contribution in [0.5, 0.6) is 0 Å². The minimum Gasteiger partial charge on any atom is -0.456 e. The third-order valence-electron chi connectivity index (χ3n) is 14.7. The largest absolute Gasteiger partial charge is 0.456 e. The van der Waals surface area contributed by atoms with Gasteiger partial charge in [0.2, 0.25) is 0 Å². The molecule has 0 unspecified atom stereocenters. The quantitative estimate of drug-likeness (QED) is 0.162. The van der Waals surface area contributed by atoms with E-state index in [2.05, 4.69) is 194 Å². The minimum atomic E-state index is 0. The van der Waals surface area contributed by atoms with Crippen LogP contribution in [0.15, 0.2) is 203 Å². The second-order valence-corrected chi connectivity index (χ2v) is 17.7. The molecule has 0 aliphatic heterocycles. The Bertz CT molecular complexity index is 4180. The third-order valence-corrected chi connectivity index (χ3v) is 14.7. The predicted molar refractivity (Wildman–Crippen MR) is 275 cm³/mol. The van der Waals surface area contributed by atoms with E-state index in [-0.39, 0.29) is 7.43 Å². The summed E-state index contributed by atoms with van der Waals surface area (Å²) in [5.74, 6) is 0. The lowest BCUT2D eigenvalue weighted by Crippen LogP contribution is -1.93. The van der Waals surface area contributed by atoms with Crippen molar-refractivity contribution in [2.45, 2.75) is 7.43 Å². The van der Waals surface area contributed by atoms with Gasteiger partial charge in [-0.1, -0.05) is 165 Å². The van der Waals surface area contributed by atoms with Crippen molar-refractivity contribution in [2.24, 2.45) is 0 Å². The van der Waals surface area contributed by atoms with Crippen molar-refractivity contribution in [2.75, 3.05) is 0 Å². The Labute approximate surface area is 373 Å². The summed E-state index contributed by atoms with van der Waals surface area (Å²) in [6.07, 6.45) is 0. The van der Waals surface area contributed by atoms with Gasteiger partial charge in [-0.2, -0.15) is 0 Å². The maximum Gasteiger partial charge on any atom is 0.136 e. The molecule has 16 rings (SSSR count). The van der Waals surface area contributed by atoms with Crippen LogP contribution in [-0.4, -0.2) is 0 Å². The zero-order valence-corrected chi connectivity index (χ0v) is 34.3. The summed E-state index contributed by atoms with van der Waals surface area (Å²) in [4.78, 5) is 0. The number of fused-ring (bicyclic) bond motifs is 17. The molecule has 0 saturated heterocycles. The van der Waals surface area contributed by atoms with E-state index in [1.807, 2.05) is 0 Å². The van der Waals surface area contributed by atoms with E-state index >= 15 is 0 Å². The summed E-state index contributed by atoms with van der Waals surface area (Å²) in [5, 5.41) is 17.2. The molecule has 0 radical (unpaired) electrons. The molecule has 2 aliphatic rings. The van der Waals surface area contributed by atoms with Crippen LogP contribution in [0.2, 0.25) is 0 Å². The molecule has 14 aromatic rings. The topological polar surface area (TPSA) is 26.3 Å². The molecule has 65 heavy (non-hydrogen) atoms. The van der Waals surface area contributed by atoms with Crippen LogP contribution in [0.25, 0.3) is 165 Å². The Kier molecular flexibility index (Phi) is 6.67. The molecule has 2 heteroatoms. The summed E-state index contributed by atoms with van der Waals surface area (Å²) >= 11 is 0. The van der Waals surface area contributed by atoms with E-state index in [0.29, 0.717) is 0 Å². The minimum absolute atomic E-state index is 0. The van der Waals surface area contributed by atoms with Gasteiger partial charge in [0.1, 0.15) is 22.3 Å². The fourth-order valence-electron chi connectivity index (χ4n) is 12.2. The van der Waals surface area contributed by atoms with Gasteiger partial charge >= 0.3 is 0 Å². The first kappa shape index (κ1) is 35.1. The van der Waals surface area contributed by atoms with Gasteiger partial charge in [0, 0.05) is 21.5 Å². The monoisotopic (exact) mass is 824 g/mol. The average Bonchev–Trinajstić information content (AvgIpc) is 4.10. The smallest absolute Gasteiger partial charge is 0.136 e. The lowest BCUT2D eigenvalue weighted by molar-refractivity contribution is 0.668. The molecular formula is C63H36O2. The van der Waals surface area contributed by atoms with E-state index in [1.54, 1.807) is 0 Å². The molecule has 0 N–H and O–H groups in total. The first-order valence-corrected chi connectivity index (χ1v) is 22.2. The second kappa shape index (κ2) is 12.4. The van der Waals surface area contributed by atoms with Crippen LogP contribution in [0.4, 0.5) is 0 Å². The Morgan fingerprint density at radius 3 is 1.02 bits per heavy atom. The van der Waals surface area contributed by atoms with Gasteiger partial charge in [-0.15, -0.1) is 0 Å². The number of para-hydroxylation sites is 2. The number of furan rings is 2. The van der Waals surface area contributed by atoms with Crippen molar-refractivity contribution < 1.29 is 8.83 Å². The molecule has 2 aliphatic carbocycles. The zero-order chi connectivity index (χ0) is 41.4. The summed E-state index contributed by atoms with van der Waals surface area (Å²) in [5.41, 5.74) is 18.8. The number of hydrogen-bond acceptors (Lipinski definition) is 2. The fraction of sp³-hybridized carbons (Fsp3) is 0.0159. The Hall–Kier alpha value is -8.46. The maximum absolute atomic E-state index is 6.55. The van der Waals surface area contributed by atoms with Crippen LogP contribution in [0, 0.1) is 0 Å². The van der Waals surface area contributed by atoms with E-state index < -0.39 is 0 Å². The van der Waals surface area contributed by atoms with E-state index in [9.17, 15) is 0 Å². The Morgan fingerprint density at radius 1 is 0.215 bits per heavy atom. The summed E-state index contributed by atoms with van der Waals surface area (Å²) in [6, 6.07) is 71.8. The van der Waals surface area contributed by atoms with Crippen molar-refractivity contribution in [1.29, 1.82) is 0 Å². The van der Waals surface area contributed by atoms with Crippen molar-refractivity contribution >= 4 is 97.7 Å². The van der Waals surface area contributed by atoms with Crippen molar-refractivity contribution in [3.8, 4) is 66.8 Å². The third kappa shape index (κ3) is 4.34. The average molecular weight is 825 g/mol. The highest BCUT2D eigenvalue weighted by atomic mass is 16.3. The lowest BCUT2D eigenvalue weighted by Gasteiger charge is -2.20. The van der Waals surface area contributed by atoms with Crippen LogP contribution in [-0.2, 0) is 0 Å². The van der Waals surface area contributed by atoms with Gasteiger partial charge in [0.05, 0.1) is 0 Å². The standard InChI is InChI=1S/C62H32O2.CH4/c1-3-23-51-41(15-1)57-45(21-9-25-53(57)63-51)59-39-29-27-36-35(47(39)31-49-37-17-5-11-33-13-7-19-43(55(33)37)61(49)59)28-30-40-48(36)32-50-38-18-6-12-34-14-8-20-44(56(34)38)62(50)60(40)46-22-10-26-54-58(46)42-16-2-4-24-52(42)64-54;/h1-32H;1H4. The van der Waals surface area contributed by atoms with Crippen LogP contribution in [0.1, 0.15) is 7.43 Å². The van der Waals surface area contributed by atoms with Crippen molar-refractivity contribution in [3.05, 3.63) is 194 Å². The van der Waals surface area contributed by atoms with Crippen LogP contribution < -0.4 is 0 Å². The fourth-order valence-corrected chi connectivity index (χ4v) is 12.2. The molecule has 300 valence electrons. The molecule has 2 aromatic heterocycles. The van der Waals surface area contributed by atoms with Gasteiger partial charge < -0.3 is 8.83 Å². The van der Waals surface area contributed by atoms with Gasteiger partial charge in [-0.25, -0.2) is 0 Å². The van der Waals surface area contributed by atoms with Crippen molar-refractivity contribution in [3.63, 3.8) is 0 Å². The second-order valence-electron chi connectivity index (χ2n) is 17.7. The number of benzene rings is 12. The number of hydrogen-bond donors (Lipinski definition) is 0. The first-order valence-electron chi connectivity index (χ1n) is 22.2. The highest BCUT2D eigenvalue weighted by molar-refractivity contribution is 6.32. The highest BCUT2D eigenvalue weighted by Crippen LogP contribution is 2.58. The van der Waals surface area contributed by atoms with Crippen LogP contribution >= 0.6 is 0 Å². The molecule has 0 saturated carbocycles. The normalized spacial score (nSPS) is 12.5. The lowest BCUT2D eigenvalue weighted by atomic mass is 9.83. The summed E-state index contributed by atoms with van der Waals surface area (Å²) in [6.45, 7) is 0. The highest BCUT2D eigenvalue weighted by Gasteiger charge is 2.31. The molecule has 2 heterocycles. The molecular weight excluding hydrogens is 789 g/mol. The Balaban J connectivity index is 0.00000390. The SMILES string of the molecule is C.c1cc2c3c(cccc3c1)-c1c-2cc2c(ccc3c4cc5c(c(-c6cccc7oc8ccccc8c67)c4ccc23)-c2cccc3cccc-5c23)c1-c1cccc2oc3ccccc3c12. The molecule has 12 aromatic carbocycles. The van der Waals surface area contributed by atoms with Gasteiger partial charge in [-0.05, 0) is 157 Å². The van der Waals surface area contributed by atoms with Gasteiger partial charge in [0.25, 0.3) is 0 Å². The van der Waals surface area contributed by atoms with E-state index in [1.165, 1.54) is 121 Å². The van der Waals surface area contributed by atoms with Gasteiger partial charge in [-0.3, -0.25) is 0 Å². The molecule has 0 spiro atoms. The molecule has 0 bridgehead atoms. The molecule has 0 atom stereocenters. The molecule has 2 nitrogen and oxygen atoms in total. The maximum atomic E-state index is 6.55. The molecule has 0 amide bonds. The summed E-state index contributed by atoms with van der Waals surface area (Å²) < 4.78 is 13.1. The zero-order valence-electron chi connectivity index (χ0n) is 34.3. The molecule has 0 fully saturated rings. The van der Waals surface area contributed by atoms with E-state index in [0.717, 1.165) is 43.9 Å².